The van der Waals surface area contributed by atoms with Crippen LogP contribution in [0.1, 0.15) is 297 Å². The van der Waals surface area contributed by atoms with Crippen LogP contribution in [0, 0.1) is 0 Å². The average Bonchev–Trinajstić information content (AvgIpc) is 0.980. The molecule has 98 heavy (non-hydrogen) atoms. The topological polar surface area (TPSA) is 237 Å². The zero-order valence-electron chi connectivity index (χ0n) is 61.2. The zero-order chi connectivity index (χ0) is 71.8. The maximum atomic E-state index is 13.1. The van der Waals surface area contributed by atoms with E-state index in [1.807, 2.05) is 24.3 Å². The lowest BCUT2D eigenvalue weighted by Crippen LogP contribution is -2.30. The number of unbranched alkanes of at least 4 members (excludes halogenated alkanes) is 24. The Bertz CT molecular complexity index is 2340. The van der Waals surface area contributed by atoms with Crippen LogP contribution < -0.4 is 0 Å². The first kappa shape index (κ1) is 93.5. The van der Waals surface area contributed by atoms with Crippen LogP contribution in [0.4, 0.5) is 0 Å². The van der Waals surface area contributed by atoms with Crippen LogP contribution in [0.15, 0.2) is 122 Å². The van der Waals surface area contributed by atoms with Crippen molar-refractivity contribution in [1.29, 1.82) is 0 Å². The van der Waals surface area contributed by atoms with Gasteiger partial charge in [-0.1, -0.05) is 290 Å². The molecular weight excluding hydrogens is 1280 g/mol. The monoisotopic (exact) mass is 1420 g/mol. The normalized spacial score (nSPS) is 14.6. The van der Waals surface area contributed by atoms with E-state index in [0.717, 1.165) is 109 Å². The van der Waals surface area contributed by atoms with Crippen LogP contribution in [0.25, 0.3) is 0 Å². The molecule has 17 nitrogen and oxygen atoms in total. The number of hydrogen-bond acceptors (Lipinski definition) is 15. The third-order valence-electron chi connectivity index (χ3n) is 15.5. The van der Waals surface area contributed by atoms with E-state index in [4.69, 9.17) is 37.0 Å². The highest BCUT2D eigenvalue weighted by Gasteiger charge is 2.30. The standard InChI is InChI=1S/C79H134O17P2/c1-5-9-13-17-21-25-29-32-34-36-38-41-45-48-52-56-60-64-77(82)90-70-75(96-79(84)66-62-58-54-50-46-42-39-37-35-33-30-26-22-18-14-10-6-2)72-94-98(87,88)92-68-73(80)67-91-97(85,86)93-71-74(95-78(83)65-61-57-53-49-43-28-24-20-16-12-8-4)69-89-76(81)63-59-55-51-47-44-40-31-27-23-19-15-11-7-3/h9-10,13-14,21-22,25-26,32-35,38-39,41-42,48,50,52,54,73-75,80H,5-8,11-12,15-20,23-24,27-31,36-37,40,43-47,49,51,53,55-72H2,1-4H3,(H,85,86)(H,87,88)/b13-9-,14-10-,25-21-,26-22-,34-32-,35-33-,41-38-,42-39-,52-48-,54-50-. The summed E-state index contributed by atoms with van der Waals surface area (Å²) >= 11 is 0. The Labute approximate surface area is 593 Å². The Morgan fingerprint density at radius 3 is 0.827 bits per heavy atom. The van der Waals surface area contributed by atoms with Crippen LogP contribution in [0.5, 0.6) is 0 Å². The van der Waals surface area contributed by atoms with Gasteiger partial charge in [-0.15, -0.1) is 0 Å². The minimum absolute atomic E-state index is 0.00219. The third kappa shape index (κ3) is 69.9. The lowest BCUT2D eigenvalue weighted by atomic mass is 10.0. The molecule has 0 bridgehead atoms. The first-order valence-corrected chi connectivity index (χ1v) is 40.8. The molecule has 19 heteroatoms. The molecule has 0 spiro atoms. The van der Waals surface area contributed by atoms with Crippen molar-refractivity contribution >= 4 is 39.5 Å². The fourth-order valence-electron chi connectivity index (χ4n) is 9.76. The van der Waals surface area contributed by atoms with Gasteiger partial charge < -0.3 is 33.8 Å². The molecule has 0 saturated heterocycles. The second-order valence-electron chi connectivity index (χ2n) is 24.8. The Hall–Kier alpha value is -4.54. The molecule has 0 aromatic rings. The van der Waals surface area contributed by atoms with E-state index in [2.05, 4.69) is 125 Å². The summed E-state index contributed by atoms with van der Waals surface area (Å²) in [6.45, 7) is 4.51. The number of rotatable bonds is 70. The van der Waals surface area contributed by atoms with Crippen molar-refractivity contribution < 1.29 is 80.2 Å². The number of hydrogen-bond donors (Lipinski definition) is 3. The van der Waals surface area contributed by atoms with Gasteiger partial charge in [0.25, 0.3) is 0 Å². The van der Waals surface area contributed by atoms with E-state index in [-0.39, 0.29) is 25.7 Å². The largest absolute Gasteiger partial charge is 0.472 e. The molecule has 3 N–H and O–H groups in total. The molecule has 5 atom stereocenters. The van der Waals surface area contributed by atoms with E-state index >= 15 is 0 Å². The van der Waals surface area contributed by atoms with Crippen molar-refractivity contribution in [3.8, 4) is 0 Å². The number of ether oxygens (including phenoxy) is 4. The molecule has 0 aliphatic carbocycles. The van der Waals surface area contributed by atoms with Crippen LogP contribution in [-0.4, -0.2) is 96.7 Å². The van der Waals surface area contributed by atoms with E-state index in [1.165, 1.54) is 96.3 Å². The summed E-state index contributed by atoms with van der Waals surface area (Å²) in [5.74, 6) is -2.30. The summed E-state index contributed by atoms with van der Waals surface area (Å²) in [7, 11) is -9.98. The van der Waals surface area contributed by atoms with Gasteiger partial charge in [0.15, 0.2) is 12.2 Å². The highest BCUT2D eigenvalue weighted by Crippen LogP contribution is 2.45. The first-order valence-electron chi connectivity index (χ1n) is 37.8. The number of phosphoric acid groups is 2. The number of aliphatic hydroxyl groups is 1. The summed E-state index contributed by atoms with van der Waals surface area (Å²) in [5.41, 5.74) is 0. The first-order chi connectivity index (χ1) is 47.7. The minimum Gasteiger partial charge on any atom is -0.462 e. The minimum atomic E-state index is -5.00. The Morgan fingerprint density at radius 2 is 0.531 bits per heavy atom. The highest BCUT2D eigenvalue weighted by atomic mass is 31.2. The molecular formula is C79H134O17P2. The molecule has 0 aliphatic rings. The van der Waals surface area contributed by atoms with Crippen molar-refractivity contribution in [1.82, 2.24) is 0 Å². The third-order valence-corrected chi connectivity index (χ3v) is 17.4. The number of phosphoric ester groups is 2. The summed E-state index contributed by atoms with van der Waals surface area (Å²) in [5, 5.41) is 10.6. The summed E-state index contributed by atoms with van der Waals surface area (Å²) in [4.78, 5) is 72.7. The molecule has 562 valence electrons. The molecule has 0 fully saturated rings. The van der Waals surface area contributed by atoms with Crippen molar-refractivity contribution in [3.63, 3.8) is 0 Å². The van der Waals surface area contributed by atoms with Gasteiger partial charge in [0.05, 0.1) is 26.4 Å². The number of allylic oxidation sites excluding steroid dienone is 20. The number of aliphatic hydroxyl groups excluding tert-OH is 1. The zero-order valence-corrected chi connectivity index (χ0v) is 63.0. The quantitative estimate of drug-likeness (QED) is 0.0169. The average molecular weight is 1420 g/mol. The van der Waals surface area contributed by atoms with Gasteiger partial charge in [0.2, 0.25) is 0 Å². The van der Waals surface area contributed by atoms with E-state index in [0.29, 0.717) is 38.5 Å². The SMILES string of the molecule is CC/C=C\C/C=C\C/C=C\C/C=C\C/C=C\CCCC(=O)OCC(COP(=O)(O)OCC(O)COP(=O)(O)OCC(COC(=O)CCCCCCCCCCCCCCC)OC(=O)CCCCCCCCCCCCC)OC(=O)CCC/C=C\C/C=C\C/C=C\C/C=C\C/C=C\CC. The van der Waals surface area contributed by atoms with Gasteiger partial charge in [-0.2, -0.15) is 0 Å². The Balaban J connectivity index is 5.44. The van der Waals surface area contributed by atoms with Crippen molar-refractivity contribution in [2.45, 2.75) is 316 Å². The lowest BCUT2D eigenvalue weighted by Gasteiger charge is -2.21. The van der Waals surface area contributed by atoms with Crippen LogP contribution in [0.3, 0.4) is 0 Å². The molecule has 5 unspecified atom stereocenters. The van der Waals surface area contributed by atoms with E-state index in [1.54, 1.807) is 0 Å². The van der Waals surface area contributed by atoms with Gasteiger partial charge in [-0.05, 0) is 103 Å². The van der Waals surface area contributed by atoms with Gasteiger partial charge in [0, 0.05) is 25.7 Å². The van der Waals surface area contributed by atoms with Gasteiger partial charge >= 0.3 is 39.5 Å². The second-order valence-corrected chi connectivity index (χ2v) is 27.7. The van der Waals surface area contributed by atoms with Gasteiger partial charge in [-0.25, -0.2) is 9.13 Å². The van der Waals surface area contributed by atoms with Crippen molar-refractivity contribution in [2.75, 3.05) is 39.6 Å². The predicted octanol–water partition coefficient (Wildman–Crippen LogP) is 21.6. The summed E-state index contributed by atoms with van der Waals surface area (Å²) < 4.78 is 68.3. The number of carbonyl (C=O) groups excluding carboxylic acids is 4. The molecule has 0 aromatic heterocycles. The molecule has 0 rings (SSSR count). The molecule has 0 heterocycles. The van der Waals surface area contributed by atoms with Crippen LogP contribution in [0.2, 0.25) is 0 Å². The number of esters is 4. The van der Waals surface area contributed by atoms with E-state index in [9.17, 15) is 43.2 Å². The molecule has 0 aromatic carbocycles. The van der Waals surface area contributed by atoms with Crippen molar-refractivity contribution in [2.24, 2.45) is 0 Å². The Kier molecular flexibility index (Phi) is 67.6. The lowest BCUT2D eigenvalue weighted by molar-refractivity contribution is -0.161. The Morgan fingerprint density at radius 1 is 0.296 bits per heavy atom. The molecule has 0 saturated carbocycles. The second kappa shape index (κ2) is 70.9. The van der Waals surface area contributed by atoms with Gasteiger partial charge in [-0.3, -0.25) is 37.3 Å². The van der Waals surface area contributed by atoms with Crippen LogP contribution >= 0.6 is 15.6 Å². The summed E-state index contributed by atoms with van der Waals surface area (Å²) in [6, 6.07) is 0. The number of carbonyl (C=O) groups is 4. The van der Waals surface area contributed by atoms with Gasteiger partial charge in [0.1, 0.15) is 19.3 Å². The smallest absolute Gasteiger partial charge is 0.462 e. The summed E-state index contributed by atoms with van der Waals surface area (Å²) in [6.07, 6.45) is 76.4. The highest BCUT2D eigenvalue weighted by molar-refractivity contribution is 7.47. The van der Waals surface area contributed by atoms with Crippen molar-refractivity contribution in [3.05, 3.63) is 122 Å². The fraction of sp³-hybridized carbons (Fsp3) is 0.696. The maximum Gasteiger partial charge on any atom is 0.472 e. The fourth-order valence-corrected chi connectivity index (χ4v) is 11.3. The molecule has 0 amide bonds. The molecule has 0 aliphatic heterocycles. The van der Waals surface area contributed by atoms with E-state index < -0.39 is 97.5 Å². The molecule has 0 radical (unpaired) electrons. The van der Waals surface area contributed by atoms with Crippen LogP contribution in [-0.2, 0) is 65.4 Å². The predicted molar refractivity (Wildman–Crippen MR) is 399 cm³/mol. The maximum absolute atomic E-state index is 13.1.